The fourth-order valence-electron chi connectivity index (χ4n) is 6.39. The molecule has 0 spiro atoms. The molecule has 3 aromatic carbocycles. The first-order valence-electron chi connectivity index (χ1n) is 17.6. The predicted octanol–water partition coefficient (Wildman–Crippen LogP) is 7.85. The number of benzene rings is 3. The highest BCUT2D eigenvalue weighted by Gasteiger charge is 2.28. The zero-order valence-electron chi connectivity index (χ0n) is 30.0. The van der Waals surface area contributed by atoms with Crippen LogP contribution in [0, 0.1) is 12.7 Å². The summed E-state index contributed by atoms with van der Waals surface area (Å²) in [6.45, 7) is 7.27. The van der Waals surface area contributed by atoms with Crippen molar-refractivity contribution in [3.63, 3.8) is 0 Å². The van der Waals surface area contributed by atoms with Crippen molar-refractivity contribution in [2.75, 3.05) is 46.4 Å². The summed E-state index contributed by atoms with van der Waals surface area (Å²) in [5, 5.41) is 11.5. The summed E-state index contributed by atoms with van der Waals surface area (Å²) in [7, 11) is 2.12. The van der Waals surface area contributed by atoms with E-state index in [4.69, 9.17) is 37.4 Å². The maximum absolute atomic E-state index is 14.1. The van der Waals surface area contributed by atoms with Crippen LogP contribution in [0.15, 0.2) is 79.3 Å². The van der Waals surface area contributed by atoms with Gasteiger partial charge in [0.1, 0.15) is 41.7 Å². The topological polar surface area (TPSA) is 123 Å². The lowest BCUT2D eigenvalue weighted by Gasteiger charge is -2.32. The van der Waals surface area contributed by atoms with E-state index in [2.05, 4.69) is 36.8 Å². The van der Waals surface area contributed by atoms with Gasteiger partial charge in [-0.3, -0.25) is 4.90 Å². The fraction of sp³-hybridized carbons (Fsp3) is 0.275. The van der Waals surface area contributed by atoms with Crippen LogP contribution in [0.4, 0.5) is 4.39 Å². The van der Waals surface area contributed by atoms with Crippen LogP contribution < -0.4 is 14.2 Å². The summed E-state index contributed by atoms with van der Waals surface area (Å²) in [5.74, 6) is -0.471. The van der Waals surface area contributed by atoms with Crippen molar-refractivity contribution < 1.29 is 28.5 Å². The van der Waals surface area contributed by atoms with Crippen molar-refractivity contribution in [1.82, 2.24) is 29.7 Å². The van der Waals surface area contributed by atoms with E-state index < -0.39 is 12.1 Å². The van der Waals surface area contributed by atoms with Gasteiger partial charge in [0.25, 0.3) is 0 Å². The zero-order valence-corrected chi connectivity index (χ0v) is 32.4. The maximum atomic E-state index is 14.1. The first-order chi connectivity index (χ1) is 26.6. The largest absolute Gasteiger partial charge is 0.491 e. The number of hydrogen-bond acceptors (Lipinski definition) is 11. The third kappa shape index (κ3) is 8.98. The minimum absolute atomic E-state index is 0.0448. The number of rotatable bonds is 14. The van der Waals surface area contributed by atoms with Crippen LogP contribution in [0.2, 0.25) is 10.3 Å². The van der Waals surface area contributed by atoms with Crippen LogP contribution >= 0.6 is 34.5 Å². The van der Waals surface area contributed by atoms with Gasteiger partial charge in [-0.25, -0.2) is 29.1 Å². The Morgan fingerprint density at radius 3 is 2.51 bits per heavy atom. The standard InChI is InChI=1S/C40H37Cl2FN6O5S/c1-24-29(11-12-31(35(24)41)52-20-19-49-17-15-48(2)16-18-49)33-34-37(45-23-46-38(34)55-36(33)25-7-9-27(43)10-8-25)54-32(39(50)51)21-26-5-3-4-6-30(26)53-22-28-13-14-44-40(42)47-28/h3-14,23,32H,15-22H2,1-2H3,(H,50,51)/t32-/m1/s1. The number of carboxylic acids is 1. The zero-order chi connectivity index (χ0) is 38.5. The van der Waals surface area contributed by atoms with E-state index in [-0.39, 0.29) is 30.0 Å². The number of nitrogens with zero attached hydrogens (tertiary/aromatic N) is 6. The van der Waals surface area contributed by atoms with Crippen molar-refractivity contribution in [3.05, 3.63) is 112 Å². The molecule has 0 unspecified atom stereocenters. The molecule has 1 atom stereocenters. The maximum Gasteiger partial charge on any atom is 0.345 e. The molecule has 284 valence electrons. The Morgan fingerprint density at radius 2 is 1.75 bits per heavy atom. The molecule has 1 aliphatic heterocycles. The van der Waals surface area contributed by atoms with Crippen LogP contribution in [0.5, 0.6) is 17.4 Å². The monoisotopic (exact) mass is 802 g/mol. The van der Waals surface area contributed by atoms with E-state index in [1.165, 1.54) is 36.0 Å². The number of piperazine rings is 1. The third-order valence-electron chi connectivity index (χ3n) is 9.41. The Hall–Kier alpha value is -4.92. The summed E-state index contributed by atoms with van der Waals surface area (Å²) in [4.78, 5) is 35.9. The molecule has 1 saturated heterocycles. The van der Waals surface area contributed by atoms with Gasteiger partial charge < -0.3 is 24.2 Å². The normalized spacial score (nSPS) is 14.2. The molecule has 55 heavy (non-hydrogen) atoms. The highest BCUT2D eigenvalue weighted by Crippen LogP contribution is 2.49. The molecule has 15 heteroatoms. The van der Waals surface area contributed by atoms with Gasteiger partial charge in [-0.2, -0.15) is 0 Å². The van der Waals surface area contributed by atoms with Crippen molar-refractivity contribution in [2.24, 2.45) is 0 Å². The second-order valence-corrected chi connectivity index (χ2v) is 14.8. The Morgan fingerprint density at radius 1 is 0.964 bits per heavy atom. The molecule has 7 rings (SSSR count). The molecule has 0 aliphatic carbocycles. The van der Waals surface area contributed by atoms with Crippen molar-refractivity contribution in [3.8, 4) is 38.9 Å². The Kier molecular flexibility index (Phi) is 12.0. The molecule has 1 aliphatic rings. The number of thiophene rings is 1. The van der Waals surface area contributed by atoms with Crippen LogP contribution in [-0.2, 0) is 17.8 Å². The minimum Gasteiger partial charge on any atom is -0.491 e. The Bertz CT molecular complexity index is 2310. The van der Waals surface area contributed by atoms with E-state index in [1.54, 1.807) is 42.5 Å². The predicted molar refractivity (Wildman–Crippen MR) is 211 cm³/mol. The number of hydrogen-bond donors (Lipinski definition) is 1. The van der Waals surface area contributed by atoms with E-state index in [1.807, 2.05) is 19.1 Å². The number of carbonyl (C=O) groups is 1. The second-order valence-electron chi connectivity index (χ2n) is 13.1. The number of ether oxygens (including phenoxy) is 3. The molecule has 6 aromatic rings. The quantitative estimate of drug-likeness (QED) is 0.108. The number of aliphatic carboxylic acids is 1. The first kappa shape index (κ1) is 38.4. The molecule has 1 N–H and O–H groups in total. The summed E-state index contributed by atoms with van der Waals surface area (Å²) < 4.78 is 32.6. The van der Waals surface area contributed by atoms with Crippen molar-refractivity contribution >= 4 is 50.7 Å². The minimum atomic E-state index is -1.36. The summed E-state index contributed by atoms with van der Waals surface area (Å²) >= 11 is 14.3. The van der Waals surface area contributed by atoms with Gasteiger partial charge in [0.15, 0.2) is 0 Å². The lowest BCUT2D eigenvalue weighted by atomic mass is 9.96. The number of halogens is 3. The van der Waals surface area contributed by atoms with E-state index in [0.29, 0.717) is 50.2 Å². The molecule has 0 amide bonds. The van der Waals surface area contributed by atoms with Gasteiger partial charge in [0, 0.05) is 55.8 Å². The van der Waals surface area contributed by atoms with Gasteiger partial charge in [0.2, 0.25) is 17.3 Å². The average molecular weight is 804 g/mol. The Balaban J connectivity index is 1.22. The molecule has 0 bridgehead atoms. The van der Waals surface area contributed by atoms with E-state index in [9.17, 15) is 14.3 Å². The molecule has 1 fully saturated rings. The lowest BCUT2D eigenvalue weighted by Crippen LogP contribution is -2.45. The number of fused-ring (bicyclic) bond motifs is 1. The van der Waals surface area contributed by atoms with E-state index >= 15 is 0 Å². The Labute approximate surface area is 331 Å². The van der Waals surface area contributed by atoms with Gasteiger partial charge in [-0.15, -0.1) is 11.3 Å². The lowest BCUT2D eigenvalue weighted by molar-refractivity contribution is -0.145. The molecule has 11 nitrogen and oxygen atoms in total. The smallest absolute Gasteiger partial charge is 0.345 e. The van der Waals surface area contributed by atoms with Gasteiger partial charge in [-0.05, 0) is 78.2 Å². The molecule has 4 heterocycles. The van der Waals surface area contributed by atoms with Crippen LogP contribution in [0.3, 0.4) is 0 Å². The molecular weight excluding hydrogens is 766 g/mol. The summed E-state index contributed by atoms with van der Waals surface area (Å²) in [6, 6.07) is 18.7. The van der Waals surface area contributed by atoms with Crippen molar-refractivity contribution in [1.29, 1.82) is 0 Å². The SMILES string of the molecule is Cc1c(-c2c(-c3ccc(F)cc3)sc3ncnc(O[C@H](Cc4ccccc4OCc4ccnc(Cl)n4)C(=O)O)c23)ccc(OCCN2CCN(C)CC2)c1Cl. The van der Waals surface area contributed by atoms with Gasteiger partial charge in [-0.1, -0.05) is 48.0 Å². The summed E-state index contributed by atoms with van der Waals surface area (Å²) in [5.41, 5.74) is 4.07. The third-order valence-corrected chi connectivity index (χ3v) is 11.2. The van der Waals surface area contributed by atoms with Gasteiger partial charge >= 0.3 is 5.97 Å². The molecule has 3 aromatic heterocycles. The van der Waals surface area contributed by atoms with Crippen molar-refractivity contribution in [2.45, 2.75) is 26.1 Å². The fourth-order valence-corrected chi connectivity index (χ4v) is 7.92. The summed E-state index contributed by atoms with van der Waals surface area (Å²) in [6.07, 6.45) is 1.47. The highest BCUT2D eigenvalue weighted by atomic mass is 35.5. The van der Waals surface area contributed by atoms with Crippen LogP contribution in [0.1, 0.15) is 16.8 Å². The van der Waals surface area contributed by atoms with Crippen LogP contribution in [0.25, 0.3) is 31.8 Å². The molecular formula is C40H37Cl2FN6O5S. The number of carboxylic acid groups (broad SMARTS) is 1. The number of aromatic nitrogens is 4. The first-order valence-corrected chi connectivity index (χ1v) is 19.2. The van der Waals surface area contributed by atoms with E-state index in [0.717, 1.165) is 54.3 Å². The number of para-hydroxylation sites is 1. The van der Waals surface area contributed by atoms with Crippen LogP contribution in [-0.4, -0.2) is 93.3 Å². The van der Waals surface area contributed by atoms with Gasteiger partial charge in [0.05, 0.1) is 16.1 Å². The molecule has 0 radical (unpaired) electrons. The second kappa shape index (κ2) is 17.3. The molecule has 0 saturated carbocycles. The highest BCUT2D eigenvalue weighted by molar-refractivity contribution is 7.22. The number of likely N-dealkylation sites (N-methyl/N-ethyl adjacent to an activating group) is 1. The average Bonchev–Trinajstić information content (AvgIpc) is 3.57.